The minimum atomic E-state index is -2.05. The fraction of sp³-hybridized carbons (Fsp3) is 0.564. The van der Waals surface area contributed by atoms with Crippen molar-refractivity contribution in [1.29, 1.82) is 0 Å². The van der Waals surface area contributed by atoms with Crippen LogP contribution in [-0.2, 0) is 38.8 Å². The van der Waals surface area contributed by atoms with Gasteiger partial charge in [0.05, 0.1) is 19.3 Å². The number of aryl methyl sites for hydroxylation is 2. The highest BCUT2D eigenvalue weighted by atomic mass is 35.5. The third-order valence-corrected chi connectivity index (χ3v) is 17.7. The van der Waals surface area contributed by atoms with Gasteiger partial charge in [-0.25, -0.2) is 4.39 Å². The topological polar surface area (TPSA) is 108 Å². The quantitative estimate of drug-likeness (QED) is 0.104. The first-order valence-electron chi connectivity index (χ1n) is 18.8. The molecule has 3 aromatic heterocycles. The number of hydrogen-bond acceptors (Lipinski definition) is 9. The number of pyridine rings is 2. The second-order valence-electron chi connectivity index (χ2n) is 17.5. The Labute approximate surface area is 323 Å². The molecule has 0 amide bonds. The van der Waals surface area contributed by atoms with Crippen molar-refractivity contribution in [2.45, 2.75) is 115 Å². The van der Waals surface area contributed by atoms with E-state index >= 15 is 4.39 Å². The lowest BCUT2D eigenvalue weighted by Gasteiger charge is -2.39. The molecule has 2 unspecified atom stereocenters. The highest BCUT2D eigenvalue weighted by Crippen LogP contribution is 2.43. The number of benzene rings is 1. The Morgan fingerprint density at radius 3 is 2.41 bits per heavy atom. The maximum atomic E-state index is 15.8. The van der Waals surface area contributed by atoms with E-state index < -0.39 is 34.4 Å². The minimum absolute atomic E-state index is 0.0560. The molecule has 0 bridgehead atoms. The third-order valence-electron chi connectivity index (χ3n) is 11.2. The van der Waals surface area contributed by atoms with Crippen LogP contribution in [0.4, 0.5) is 4.39 Å². The van der Waals surface area contributed by atoms with Crippen LogP contribution in [0.5, 0.6) is 11.9 Å². The zero-order chi connectivity index (χ0) is 38.7. The summed E-state index contributed by atoms with van der Waals surface area (Å²) in [4.78, 5) is 21.9. The van der Waals surface area contributed by atoms with Crippen LogP contribution in [0.15, 0.2) is 41.3 Å². The molecule has 292 valence electrons. The van der Waals surface area contributed by atoms with Gasteiger partial charge in [-0.05, 0) is 71.9 Å². The molecular formula is C39H52ClFN4O7Si2. The highest BCUT2D eigenvalue weighted by Gasteiger charge is 2.52. The number of halogens is 2. The molecule has 0 spiro atoms. The Morgan fingerprint density at radius 2 is 1.70 bits per heavy atom. The van der Waals surface area contributed by atoms with E-state index in [-0.39, 0.29) is 46.5 Å². The van der Waals surface area contributed by atoms with Gasteiger partial charge in [-0.2, -0.15) is 9.97 Å². The summed E-state index contributed by atoms with van der Waals surface area (Å²) in [5.41, 5.74) is 3.43. The zero-order valence-electron chi connectivity index (χ0n) is 32.7. The van der Waals surface area contributed by atoms with Crippen molar-refractivity contribution in [2.24, 2.45) is 7.05 Å². The molecule has 1 aliphatic carbocycles. The van der Waals surface area contributed by atoms with Gasteiger partial charge >= 0.3 is 6.01 Å². The van der Waals surface area contributed by atoms with Crippen LogP contribution in [0.25, 0.3) is 22.3 Å². The molecule has 3 aliphatic rings. The number of imidazole rings is 1. The summed E-state index contributed by atoms with van der Waals surface area (Å²) in [6.45, 7) is 19.5. The molecule has 2 saturated heterocycles. The normalized spacial score (nSPS) is 22.9. The molecule has 15 heteroatoms. The molecule has 54 heavy (non-hydrogen) atoms. The first-order valence-corrected chi connectivity index (χ1v) is 25.8. The predicted molar refractivity (Wildman–Crippen MR) is 211 cm³/mol. The number of rotatable bonds is 12. The lowest BCUT2D eigenvalue weighted by atomic mass is 10.00. The SMILES string of the molecule is Cn1ccc(-c2cc(F)c3c(c2)CCC3Oc2nc3c(cc2Cl)nc(O[C@@H]2CO[C@@H]4C(O[Si](C)(C)C(C)(C)C)CO[C@@H]42)n3COCC[Si](C)(C)C)cc1=O. The van der Waals surface area contributed by atoms with Gasteiger partial charge in [-0.1, -0.05) is 58.1 Å². The number of fused-ring (bicyclic) bond motifs is 3. The molecule has 5 heterocycles. The monoisotopic (exact) mass is 798 g/mol. The first kappa shape index (κ1) is 39.1. The summed E-state index contributed by atoms with van der Waals surface area (Å²) in [5.74, 6) is -0.233. The summed E-state index contributed by atoms with van der Waals surface area (Å²) in [6.07, 6.45) is 1.07. The summed E-state index contributed by atoms with van der Waals surface area (Å²) in [6, 6.07) is 9.70. The first-order chi connectivity index (χ1) is 25.4. The third kappa shape index (κ3) is 7.93. The van der Waals surface area contributed by atoms with E-state index in [0.29, 0.717) is 66.5 Å². The Kier molecular flexibility index (Phi) is 10.7. The highest BCUT2D eigenvalue weighted by molar-refractivity contribution is 6.76. The number of ether oxygens (including phenoxy) is 5. The molecular weight excluding hydrogens is 747 g/mol. The molecule has 5 atom stereocenters. The molecule has 11 nitrogen and oxygen atoms in total. The van der Waals surface area contributed by atoms with Gasteiger partial charge in [0.2, 0.25) is 5.88 Å². The van der Waals surface area contributed by atoms with Gasteiger partial charge in [-0.15, -0.1) is 0 Å². The van der Waals surface area contributed by atoms with Crippen LogP contribution in [0.1, 0.15) is 44.4 Å². The van der Waals surface area contributed by atoms with E-state index in [1.54, 1.807) is 29.9 Å². The van der Waals surface area contributed by atoms with Gasteiger partial charge in [0.25, 0.3) is 5.56 Å². The van der Waals surface area contributed by atoms with E-state index in [2.05, 4.69) is 53.5 Å². The molecule has 0 radical (unpaired) electrons. The van der Waals surface area contributed by atoms with E-state index in [1.807, 2.05) is 6.07 Å². The van der Waals surface area contributed by atoms with E-state index in [4.69, 9.17) is 49.7 Å². The average Bonchev–Trinajstić information content (AvgIpc) is 3.85. The molecule has 1 aromatic carbocycles. The Bertz CT molecular complexity index is 2100. The van der Waals surface area contributed by atoms with Crippen LogP contribution in [-0.4, -0.2) is 79.7 Å². The van der Waals surface area contributed by atoms with Crippen molar-refractivity contribution in [3.8, 4) is 23.0 Å². The van der Waals surface area contributed by atoms with Crippen LogP contribution < -0.4 is 15.0 Å². The van der Waals surface area contributed by atoms with Gasteiger partial charge in [-0.3, -0.25) is 9.36 Å². The largest absolute Gasteiger partial charge is 0.468 e. The Balaban J connectivity index is 1.14. The van der Waals surface area contributed by atoms with Crippen molar-refractivity contribution < 1.29 is 32.5 Å². The minimum Gasteiger partial charge on any atom is -0.468 e. The lowest BCUT2D eigenvalue weighted by molar-refractivity contribution is 0.00686. The fourth-order valence-electron chi connectivity index (χ4n) is 6.95. The Hall–Kier alpha value is -3.12. The number of hydrogen-bond donors (Lipinski definition) is 0. The summed E-state index contributed by atoms with van der Waals surface area (Å²) in [7, 11) is -1.72. The standard InChI is InChI=1S/C39H52ClFN4O7Si2/c1-39(2,3)54(8,9)52-31-21-49-34-30(20-48-35(31)34)51-38-42-28-19-26(40)37(43-36(28)45(38)22-47-14-15-53(5,6)7)50-29-11-10-24-16-25(17-27(41)33(24)29)23-12-13-44(4)32(46)18-23/h12-13,16-19,29-31,34-35H,10-11,14-15,20-22H2,1-9H3/t29?,30-,31?,34-,35-/m1/s1. The van der Waals surface area contributed by atoms with Gasteiger partial charge < -0.3 is 32.7 Å². The van der Waals surface area contributed by atoms with Crippen molar-refractivity contribution in [3.05, 3.63) is 68.8 Å². The second kappa shape index (κ2) is 14.8. The van der Waals surface area contributed by atoms with Crippen molar-refractivity contribution in [1.82, 2.24) is 19.1 Å². The predicted octanol–water partition coefficient (Wildman–Crippen LogP) is 7.90. The molecule has 0 saturated carbocycles. The van der Waals surface area contributed by atoms with Gasteiger partial charge in [0.15, 0.2) is 20.1 Å². The van der Waals surface area contributed by atoms with Crippen LogP contribution >= 0.6 is 11.6 Å². The van der Waals surface area contributed by atoms with E-state index in [1.165, 1.54) is 16.7 Å². The van der Waals surface area contributed by atoms with Crippen LogP contribution in [0.3, 0.4) is 0 Å². The van der Waals surface area contributed by atoms with Crippen LogP contribution in [0, 0.1) is 5.82 Å². The smallest absolute Gasteiger partial charge is 0.301 e. The maximum absolute atomic E-state index is 15.8. The lowest BCUT2D eigenvalue weighted by Crippen LogP contribution is -2.47. The second-order valence-corrected chi connectivity index (χ2v) is 28.3. The molecule has 2 aliphatic heterocycles. The molecule has 2 fully saturated rings. The fourth-order valence-corrected chi connectivity index (χ4v) is 9.21. The molecule has 7 rings (SSSR count). The zero-order valence-corrected chi connectivity index (χ0v) is 35.5. The maximum Gasteiger partial charge on any atom is 0.301 e. The van der Waals surface area contributed by atoms with Crippen molar-refractivity contribution >= 4 is 39.2 Å². The molecule has 4 aromatic rings. The summed E-state index contributed by atoms with van der Waals surface area (Å²) in [5, 5.41) is 0.304. The van der Waals surface area contributed by atoms with Crippen molar-refractivity contribution in [2.75, 3.05) is 19.8 Å². The summed E-state index contributed by atoms with van der Waals surface area (Å²) >= 11 is 6.78. The number of aromatic nitrogens is 4. The molecule has 0 N–H and O–H groups in total. The summed E-state index contributed by atoms with van der Waals surface area (Å²) < 4.78 is 57.5. The van der Waals surface area contributed by atoms with Crippen molar-refractivity contribution in [3.63, 3.8) is 0 Å². The average molecular weight is 799 g/mol. The van der Waals surface area contributed by atoms with Crippen LogP contribution in [0.2, 0.25) is 48.8 Å². The van der Waals surface area contributed by atoms with E-state index in [9.17, 15) is 4.79 Å². The Morgan fingerprint density at radius 1 is 0.981 bits per heavy atom. The number of nitrogens with zero attached hydrogens (tertiary/aromatic N) is 4. The van der Waals surface area contributed by atoms with Gasteiger partial charge in [0.1, 0.15) is 41.4 Å². The van der Waals surface area contributed by atoms with Gasteiger partial charge in [0, 0.05) is 39.6 Å². The van der Waals surface area contributed by atoms with E-state index in [0.717, 1.165) is 11.6 Å².